The lowest BCUT2D eigenvalue weighted by Gasteiger charge is -2.11. The van der Waals surface area contributed by atoms with Gasteiger partial charge in [0.2, 0.25) is 5.13 Å². The molecule has 3 aromatic rings. The number of carbonyl (C=O) groups is 1. The first kappa shape index (κ1) is 20.7. The molecule has 1 aromatic heterocycles. The molecule has 0 spiro atoms. The van der Waals surface area contributed by atoms with Gasteiger partial charge in [0.05, 0.1) is 11.8 Å². The molecule has 1 heterocycles. The predicted molar refractivity (Wildman–Crippen MR) is 112 cm³/mol. The lowest BCUT2D eigenvalue weighted by Crippen LogP contribution is -2.13. The zero-order chi connectivity index (χ0) is 21.0. The Labute approximate surface area is 173 Å². The van der Waals surface area contributed by atoms with Crippen LogP contribution in [0.25, 0.3) is 0 Å². The Hall–Kier alpha value is -2.98. The normalized spacial score (nSPS) is 11.3. The summed E-state index contributed by atoms with van der Waals surface area (Å²) in [6.07, 6.45) is -0.0376. The van der Waals surface area contributed by atoms with Crippen molar-refractivity contribution in [3.8, 4) is 5.75 Å². The van der Waals surface area contributed by atoms with E-state index < -0.39 is 10.0 Å². The molecule has 0 radical (unpaired) electrons. The highest BCUT2D eigenvalue weighted by Gasteiger charge is 2.22. The first-order valence-corrected chi connectivity index (χ1v) is 11.0. The van der Waals surface area contributed by atoms with Crippen LogP contribution in [0.2, 0.25) is 0 Å². The maximum atomic E-state index is 12.6. The van der Waals surface area contributed by atoms with Gasteiger partial charge >= 0.3 is 0 Å². The molecule has 0 unspecified atom stereocenters. The number of hydrogen-bond acceptors (Lipinski definition) is 7. The highest BCUT2D eigenvalue weighted by atomic mass is 32.2. The van der Waals surface area contributed by atoms with Crippen molar-refractivity contribution < 1.29 is 17.9 Å². The highest BCUT2D eigenvalue weighted by molar-refractivity contribution is 7.94. The van der Waals surface area contributed by atoms with Crippen molar-refractivity contribution in [1.82, 2.24) is 10.2 Å². The van der Waals surface area contributed by atoms with Crippen LogP contribution < -0.4 is 14.8 Å². The van der Waals surface area contributed by atoms with Crippen molar-refractivity contribution in [1.29, 1.82) is 0 Å². The van der Waals surface area contributed by atoms with Crippen molar-refractivity contribution >= 4 is 38.1 Å². The summed E-state index contributed by atoms with van der Waals surface area (Å²) >= 11 is 0.767. The Kier molecular flexibility index (Phi) is 6.14. The van der Waals surface area contributed by atoms with E-state index in [9.17, 15) is 13.2 Å². The van der Waals surface area contributed by atoms with Crippen LogP contribution in [0, 0.1) is 6.92 Å². The quantitative estimate of drug-likeness (QED) is 0.551. The first-order chi connectivity index (χ1) is 13.7. The van der Waals surface area contributed by atoms with E-state index in [-0.39, 0.29) is 21.5 Å². The Bertz CT molecular complexity index is 1130. The second kappa shape index (κ2) is 8.58. The summed E-state index contributed by atoms with van der Waals surface area (Å²) in [6, 6.07) is 13.7. The van der Waals surface area contributed by atoms with Crippen LogP contribution in [0.5, 0.6) is 5.75 Å². The van der Waals surface area contributed by atoms with Gasteiger partial charge in [0.1, 0.15) is 5.75 Å². The number of anilines is 2. The zero-order valence-corrected chi connectivity index (χ0v) is 17.7. The standard InChI is InChI=1S/C19H20N4O4S2/c1-12(2)27-15-9-6-8-14(11-15)23-29(25,26)19-22-21-18(28-19)20-17(24)16-10-5-4-7-13(16)3/h4-12,23H,1-3H3,(H,20,21,24). The second-order valence-corrected chi connectivity index (χ2v) is 9.28. The van der Waals surface area contributed by atoms with Gasteiger partial charge in [-0.25, -0.2) is 0 Å². The number of ether oxygens (including phenoxy) is 1. The van der Waals surface area contributed by atoms with Crippen molar-refractivity contribution in [2.75, 3.05) is 10.0 Å². The molecule has 3 rings (SSSR count). The van der Waals surface area contributed by atoms with E-state index in [2.05, 4.69) is 20.2 Å². The Morgan fingerprint density at radius 3 is 2.59 bits per heavy atom. The number of hydrogen-bond donors (Lipinski definition) is 2. The third-order valence-corrected chi connectivity index (χ3v) is 6.29. The van der Waals surface area contributed by atoms with Crippen LogP contribution in [0.4, 0.5) is 10.8 Å². The predicted octanol–water partition coefficient (Wildman–Crippen LogP) is 3.69. The lowest BCUT2D eigenvalue weighted by atomic mass is 10.1. The van der Waals surface area contributed by atoms with Gasteiger partial charge in [0.15, 0.2) is 0 Å². The molecule has 0 aliphatic carbocycles. The van der Waals surface area contributed by atoms with E-state index in [0.29, 0.717) is 17.0 Å². The van der Waals surface area contributed by atoms with E-state index in [0.717, 1.165) is 16.9 Å². The van der Waals surface area contributed by atoms with Crippen molar-refractivity contribution in [3.05, 3.63) is 59.7 Å². The second-order valence-electron chi connectivity index (χ2n) is 6.44. The van der Waals surface area contributed by atoms with Gasteiger partial charge in [0.25, 0.3) is 20.3 Å². The molecule has 0 aliphatic rings. The molecular formula is C19H20N4O4S2. The average Bonchev–Trinajstić information content (AvgIpc) is 3.11. The Morgan fingerprint density at radius 2 is 1.86 bits per heavy atom. The van der Waals surface area contributed by atoms with E-state index in [1.165, 1.54) is 0 Å². The van der Waals surface area contributed by atoms with Crippen molar-refractivity contribution in [2.24, 2.45) is 0 Å². The number of rotatable bonds is 7. The molecule has 1 amide bonds. The molecule has 0 aliphatic heterocycles. The molecule has 0 saturated heterocycles. The Morgan fingerprint density at radius 1 is 1.10 bits per heavy atom. The fourth-order valence-corrected chi connectivity index (χ4v) is 4.41. The van der Waals surface area contributed by atoms with E-state index in [1.54, 1.807) is 36.4 Å². The van der Waals surface area contributed by atoms with Crippen LogP contribution in [0.3, 0.4) is 0 Å². The van der Waals surface area contributed by atoms with Gasteiger partial charge in [-0.2, -0.15) is 8.42 Å². The van der Waals surface area contributed by atoms with Gasteiger partial charge < -0.3 is 4.74 Å². The van der Waals surface area contributed by atoms with E-state index in [4.69, 9.17) is 4.74 Å². The van der Waals surface area contributed by atoms with Gasteiger partial charge in [-0.05, 0) is 44.5 Å². The molecule has 10 heteroatoms. The molecule has 2 aromatic carbocycles. The van der Waals surface area contributed by atoms with Gasteiger partial charge in [-0.3, -0.25) is 14.8 Å². The SMILES string of the molecule is Cc1ccccc1C(=O)Nc1nnc(S(=O)(=O)Nc2cccc(OC(C)C)c2)s1. The number of aryl methyl sites for hydroxylation is 1. The van der Waals surface area contributed by atoms with Crippen molar-refractivity contribution in [3.63, 3.8) is 0 Å². The van der Waals surface area contributed by atoms with Crippen LogP contribution in [-0.4, -0.2) is 30.6 Å². The number of sulfonamides is 1. The molecule has 29 heavy (non-hydrogen) atoms. The number of carbonyl (C=O) groups excluding carboxylic acids is 1. The fourth-order valence-electron chi connectivity index (χ4n) is 2.46. The summed E-state index contributed by atoms with van der Waals surface area (Å²) in [7, 11) is -3.96. The summed E-state index contributed by atoms with van der Waals surface area (Å²) in [5, 5.41) is 10.1. The van der Waals surface area contributed by atoms with Crippen LogP contribution in [0.1, 0.15) is 29.8 Å². The van der Waals surface area contributed by atoms with Crippen LogP contribution in [0.15, 0.2) is 52.9 Å². The largest absolute Gasteiger partial charge is 0.491 e. The molecule has 152 valence electrons. The number of nitrogens with zero attached hydrogens (tertiary/aromatic N) is 2. The van der Waals surface area contributed by atoms with Gasteiger partial charge in [-0.1, -0.05) is 35.6 Å². The molecule has 8 nitrogen and oxygen atoms in total. The molecule has 0 atom stereocenters. The third-order valence-electron chi connectivity index (χ3n) is 3.70. The molecule has 2 N–H and O–H groups in total. The summed E-state index contributed by atoms with van der Waals surface area (Å²) in [4.78, 5) is 12.4. The molecule has 0 fully saturated rings. The minimum absolute atomic E-state index is 0.0376. The number of nitrogens with one attached hydrogen (secondary N) is 2. The van der Waals surface area contributed by atoms with Gasteiger partial charge in [-0.15, -0.1) is 10.2 Å². The fraction of sp³-hybridized carbons (Fsp3) is 0.211. The minimum atomic E-state index is -3.96. The summed E-state index contributed by atoms with van der Waals surface area (Å²) in [6.45, 7) is 5.57. The van der Waals surface area contributed by atoms with Gasteiger partial charge in [0, 0.05) is 11.6 Å². The zero-order valence-electron chi connectivity index (χ0n) is 16.0. The smallest absolute Gasteiger partial charge is 0.291 e. The van der Waals surface area contributed by atoms with E-state index in [1.807, 2.05) is 32.9 Å². The van der Waals surface area contributed by atoms with Crippen molar-refractivity contribution in [2.45, 2.75) is 31.2 Å². The van der Waals surface area contributed by atoms with E-state index >= 15 is 0 Å². The molecular weight excluding hydrogens is 412 g/mol. The number of benzene rings is 2. The topological polar surface area (TPSA) is 110 Å². The summed E-state index contributed by atoms with van der Waals surface area (Å²) in [5.74, 6) is 0.165. The average molecular weight is 433 g/mol. The monoisotopic (exact) mass is 432 g/mol. The maximum Gasteiger partial charge on any atom is 0.291 e. The molecule has 0 saturated carbocycles. The number of aromatic nitrogens is 2. The van der Waals surface area contributed by atoms with Crippen LogP contribution in [-0.2, 0) is 10.0 Å². The third kappa shape index (κ3) is 5.30. The first-order valence-electron chi connectivity index (χ1n) is 8.74. The highest BCUT2D eigenvalue weighted by Crippen LogP contribution is 2.25. The molecule has 0 bridgehead atoms. The Balaban J connectivity index is 1.74. The minimum Gasteiger partial charge on any atom is -0.491 e. The summed E-state index contributed by atoms with van der Waals surface area (Å²) < 4.78 is 33.0. The number of amides is 1. The lowest BCUT2D eigenvalue weighted by molar-refractivity contribution is 0.102. The summed E-state index contributed by atoms with van der Waals surface area (Å²) in [5.41, 5.74) is 1.61. The maximum absolute atomic E-state index is 12.6. The van der Waals surface area contributed by atoms with Crippen LogP contribution >= 0.6 is 11.3 Å².